The van der Waals surface area contributed by atoms with Gasteiger partial charge in [-0.05, 0) is 23.6 Å². The summed E-state index contributed by atoms with van der Waals surface area (Å²) in [6.45, 7) is 0.963. The topological polar surface area (TPSA) is 82.0 Å². The Bertz CT molecular complexity index is 702. The molecule has 1 amide bonds. The van der Waals surface area contributed by atoms with Crippen LogP contribution in [0.5, 0.6) is 0 Å². The fourth-order valence-corrected chi connectivity index (χ4v) is 2.63. The molecule has 1 unspecified atom stereocenters. The highest BCUT2D eigenvalue weighted by Gasteiger charge is 2.30. The summed E-state index contributed by atoms with van der Waals surface area (Å²) >= 11 is 0. The summed E-state index contributed by atoms with van der Waals surface area (Å²) in [5.41, 5.74) is 9.27. The van der Waals surface area contributed by atoms with Crippen molar-refractivity contribution in [2.24, 2.45) is 11.0 Å². The number of fused-ring (bicyclic) bond motifs is 1. The molecule has 1 aliphatic heterocycles. The van der Waals surface area contributed by atoms with E-state index in [1.54, 1.807) is 17.3 Å². The summed E-state index contributed by atoms with van der Waals surface area (Å²) in [5.74, 6) is 0.169. The van der Waals surface area contributed by atoms with Crippen LogP contribution < -0.4 is 4.90 Å². The molecule has 100 valence electrons. The highest BCUT2D eigenvalue weighted by Crippen LogP contribution is 2.31. The van der Waals surface area contributed by atoms with Crippen molar-refractivity contribution in [2.45, 2.75) is 6.42 Å². The largest absolute Gasteiger partial charge is 0.312 e. The minimum atomic E-state index is 0.0763. The zero-order valence-corrected chi connectivity index (χ0v) is 10.8. The minimum absolute atomic E-state index is 0.0763. The molecule has 2 aromatic rings. The van der Waals surface area contributed by atoms with Gasteiger partial charge in [0.15, 0.2) is 0 Å². The van der Waals surface area contributed by atoms with Crippen LogP contribution in [0.25, 0.3) is 21.2 Å². The van der Waals surface area contributed by atoms with Crippen molar-refractivity contribution in [3.63, 3.8) is 0 Å². The average Bonchev–Trinajstić information content (AvgIpc) is 2.85. The van der Waals surface area contributed by atoms with Gasteiger partial charge in [0.05, 0.1) is 5.69 Å². The summed E-state index contributed by atoms with van der Waals surface area (Å²) < 4.78 is 0. The van der Waals surface area contributed by atoms with Gasteiger partial charge in [0.1, 0.15) is 0 Å². The smallest absolute Gasteiger partial charge is 0.227 e. The maximum Gasteiger partial charge on any atom is 0.227 e. The predicted octanol–water partition coefficient (Wildman–Crippen LogP) is 2.90. The summed E-state index contributed by atoms with van der Waals surface area (Å²) in [6, 6.07) is 7.76. The third-order valence-corrected chi connectivity index (χ3v) is 3.56. The van der Waals surface area contributed by atoms with E-state index in [1.807, 2.05) is 24.3 Å². The van der Waals surface area contributed by atoms with Crippen LogP contribution >= 0.6 is 0 Å². The molecule has 0 radical (unpaired) electrons. The van der Waals surface area contributed by atoms with E-state index in [4.69, 9.17) is 5.53 Å². The second kappa shape index (κ2) is 5.19. The van der Waals surface area contributed by atoms with E-state index in [2.05, 4.69) is 15.0 Å². The van der Waals surface area contributed by atoms with Crippen LogP contribution in [-0.4, -0.2) is 24.0 Å². The molecular weight excluding hydrogens is 254 g/mol. The third kappa shape index (κ3) is 2.17. The maximum absolute atomic E-state index is 12.2. The summed E-state index contributed by atoms with van der Waals surface area (Å²) in [6.07, 6.45) is 3.95. The lowest BCUT2D eigenvalue weighted by molar-refractivity contribution is -0.117. The van der Waals surface area contributed by atoms with Crippen LogP contribution in [-0.2, 0) is 4.79 Å². The van der Waals surface area contributed by atoms with Gasteiger partial charge in [-0.2, -0.15) is 0 Å². The molecule has 1 fully saturated rings. The molecule has 6 nitrogen and oxygen atoms in total. The van der Waals surface area contributed by atoms with Gasteiger partial charge in [-0.3, -0.25) is 9.78 Å². The van der Waals surface area contributed by atoms with E-state index in [1.165, 1.54) is 0 Å². The first kappa shape index (κ1) is 12.4. The zero-order chi connectivity index (χ0) is 13.9. The molecule has 0 saturated carbocycles. The van der Waals surface area contributed by atoms with Crippen LogP contribution in [0.2, 0.25) is 0 Å². The molecular formula is C14H13N5O. The van der Waals surface area contributed by atoms with Gasteiger partial charge in [-0.15, -0.1) is 0 Å². The Morgan fingerprint density at radius 1 is 1.45 bits per heavy atom. The number of carbonyl (C=O) groups is 1. The van der Waals surface area contributed by atoms with E-state index < -0.39 is 0 Å². The molecule has 1 atom stereocenters. The van der Waals surface area contributed by atoms with Crippen molar-refractivity contribution in [3.8, 4) is 0 Å². The van der Waals surface area contributed by atoms with E-state index in [0.29, 0.717) is 19.5 Å². The molecule has 1 aromatic carbocycles. The zero-order valence-electron chi connectivity index (χ0n) is 10.8. The highest BCUT2D eigenvalue weighted by molar-refractivity contribution is 6.04. The van der Waals surface area contributed by atoms with Gasteiger partial charge in [-0.1, -0.05) is 17.2 Å². The van der Waals surface area contributed by atoms with Crippen molar-refractivity contribution in [3.05, 3.63) is 47.1 Å². The summed E-state index contributed by atoms with van der Waals surface area (Å²) in [7, 11) is 0. The van der Waals surface area contributed by atoms with Crippen LogP contribution in [0, 0.1) is 5.92 Å². The van der Waals surface area contributed by atoms with Crippen LogP contribution in [0.3, 0.4) is 0 Å². The third-order valence-electron chi connectivity index (χ3n) is 3.56. The molecule has 20 heavy (non-hydrogen) atoms. The van der Waals surface area contributed by atoms with Gasteiger partial charge in [0.25, 0.3) is 0 Å². The number of amides is 1. The van der Waals surface area contributed by atoms with E-state index >= 15 is 0 Å². The van der Waals surface area contributed by atoms with Crippen molar-refractivity contribution >= 4 is 22.4 Å². The van der Waals surface area contributed by atoms with E-state index in [9.17, 15) is 4.79 Å². The fraction of sp³-hybridized carbons (Fsp3) is 0.286. The molecule has 0 N–H and O–H groups in total. The first-order valence-electron chi connectivity index (χ1n) is 6.43. The Hall–Kier alpha value is -2.59. The molecule has 1 saturated heterocycles. The fourth-order valence-electron chi connectivity index (χ4n) is 2.63. The normalized spacial score (nSPS) is 18.3. The monoisotopic (exact) mass is 267 g/mol. The number of carbonyl (C=O) groups excluding carboxylic acids is 1. The SMILES string of the molecule is [N-]=[N+]=NCC1CC(=O)N(c2cccc3cnccc23)C1. The number of aromatic nitrogens is 1. The number of hydrogen-bond donors (Lipinski definition) is 0. The van der Waals surface area contributed by atoms with Gasteiger partial charge in [0, 0.05) is 47.6 Å². The van der Waals surface area contributed by atoms with E-state index in [-0.39, 0.29) is 11.8 Å². The quantitative estimate of drug-likeness (QED) is 0.486. The number of nitrogens with zero attached hydrogens (tertiary/aromatic N) is 5. The van der Waals surface area contributed by atoms with Gasteiger partial charge < -0.3 is 4.90 Å². The van der Waals surface area contributed by atoms with Crippen LogP contribution in [0.15, 0.2) is 41.8 Å². The average molecular weight is 267 g/mol. The second-order valence-corrected chi connectivity index (χ2v) is 4.86. The summed E-state index contributed by atoms with van der Waals surface area (Å²) in [5, 5.41) is 5.59. The maximum atomic E-state index is 12.2. The lowest BCUT2D eigenvalue weighted by Crippen LogP contribution is -2.24. The lowest BCUT2D eigenvalue weighted by Gasteiger charge is -2.18. The molecule has 3 rings (SSSR count). The number of benzene rings is 1. The first-order valence-corrected chi connectivity index (χ1v) is 6.43. The van der Waals surface area contributed by atoms with Crippen LogP contribution in [0.1, 0.15) is 6.42 Å². The standard InChI is InChI=1S/C14H13N5O/c15-18-17-7-10-6-14(20)19(9-10)13-3-1-2-11-8-16-5-4-12(11)13/h1-5,8,10H,6-7,9H2. The van der Waals surface area contributed by atoms with Gasteiger partial charge >= 0.3 is 0 Å². The number of pyridine rings is 1. The molecule has 0 bridgehead atoms. The highest BCUT2D eigenvalue weighted by atomic mass is 16.2. The van der Waals surface area contributed by atoms with Crippen molar-refractivity contribution in [1.82, 2.24) is 4.98 Å². The Morgan fingerprint density at radius 3 is 3.20 bits per heavy atom. The number of rotatable bonds is 3. The van der Waals surface area contributed by atoms with Gasteiger partial charge in [-0.25, -0.2) is 0 Å². The Balaban J connectivity index is 1.95. The van der Waals surface area contributed by atoms with Crippen molar-refractivity contribution in [1.29, 1.82) is 0 Å². The molecule has 1 aromatic heterocycles. The predicted molar refractivity (Wildman–Crippen MR) is 76.2 cm³/mol. The molecule has 2 heterocycles. The molecule has 6 heteroatoms. The molecule has 0 aliphatic carbocycles. The number of anilines is 1. The molecule has 0 spiro atoms. The van der Waals surface area contributed by atoms with Crippen molar-refractivity contribution in [2.75, 3.05) is 18.0 Å². The van der Waals surface area contributed by atoms with Gasteiger partial charge in [0.2, 0.25) is 5.91 Å². The minimum Gasteiger partial charge on any atom is -0.312 e. The number of hydrogen-bond acceptors (Lipinski definition) is 3. The first-order chi connectivity index (χ1) is 9.79. The Kier molecular flexibility index (Phi) is 3.23. The van der Waals surface area contributed by atoms with E-state index in [0.717, 1.165) is 16.5 Å². The Labute approximate surface area is 115 Å². The van der Waals surface area contributed by atoms with Crippen LogP contribution in [0.4, 0.5) is 5.69 Å². The lowest BCUT2D eigenvalue weighted by atomic mass is 10.1. The number of azide groups is 1. The van der Waals surface area contributed by atoms with Crippen molar-refractivity contribution < 1.29 is 4.79 Å². The molecule has 1 aliphatic rings. The second-order valence-electron chi connectivity index (χ2n) is 4.86. The summed E-state index contributed by atoms with van der Waals surface area (Å²) in [4.78, 5) is 20.8. The Morgan fingerprint density at radius 2 is 2.35 bits per heavy atom.